The van der Waals surface area contributed by atoms with E-state index < -0.39 is 5.54 Å². The number of anilines is 1. The number of hydrogen-bond donors (Lipinski definition) is 2. The van der Waals surface area contributed by atoms with Gasteiger partial charge in [0.15, 0.2) is 0 Å². The summed E-state index contributed by atoms with van der Waals surface area (Å²) in [4.78, 5) is 29.0. The Morgan fingerprint density at radius 2 is 1.76 bits per heavy atom. The van der Waals surface area contributed by atoms with Gasteiger partial charge in [-0.15, -0.1) is 24.8 Å². The number of nitrogens with zero attached hydrogens (tertiary/aromatic N) is 2. The van der Waals surface area contributed by atoms with Crippen LogP contribution in [-0.4, -0.2) is 55.0 Å². The fraction of sp³-hybridized carbons (Fsp3) is 0.600. The van der Waals surface area contributed by atoms with Crippen LogP contribution in [0.1, 0.15) is 32.6 Å². The molecule has 2 aliphatic rings. The molecule has 1 heterocycles. The van der Waals surface area contributed by atoms with Crippen molar-refractivity contribution in [2.24, 2.45) is 11.7 Å². The first-order valence-electron chi connectivity index (χ1n) is 9.72. The van der Waals surface area contributed by atoms with E-state index in [0.717, 1.165) is 49.5 Å². The summed E-state index contributed by atoms with van der Waals surface area (Å²) in [6.45, 7) is 4.82. The van der Waals surface area contributed by atoms with Crippen LogP contribution in [0.15, 0.2) is 24.3 Å². The average Bonchev–Trinajstić information content (AvgIpc) is 2.66. The molecule has 1 saturated carbocycles. The summed E-state index contributed by atoms with van der Waals surface area (Å²) in [7, 11) is 0. The summed E-state index contributed by atoms with van der Waals surface area (Å²) < 4.78 is 0. The fourth-order valence-electron chi connectivity index (χ4n) is 4.05. The first-order chi connectivity index (χ1) is 12.9. The second kappa shape index (κ2) is 11.3. The molecule has 1 aromatic carbocycles. The normalized spacial score (nSPS) is 24.2. The SMILES string of the molecule is CC1(N)CCCCC1C(=O)NCC(=O)N1CCN(c2ccc(Cl)cc2)CC1.Cl.Cl. The smallest absolute Gasteiger partial charge is 0.242 e. The molecule has 1 aliphatic heterocycles. The van der Waals surface area contributed by atoms with Gasteiger partial charge in [0.25, 0.3) is 0 Å². The lowest BCUT2D eigenvalue weighted by molar-refractivity contribution is -0.135. The van der Waals surface area contributed by atoms with Crippen molar-refractivity contribution in [2.75, 3.05) is 37.6 Å². The summed E-state index contributed by atoms with van der Waals surface area (Å²) >= 11 is 5.94. The highest BCUT2D eigenvalue weighted by Crippen LogP contribution is 2.31. The molecule has 1 saturated heterocycles. The van der Waals surface area contributed by atoms with E-state index >= 15 is 0 Å². The molecule has 0 radical (unpaired) electrons. The monoisotopic (exact) mass is 464 g/mol. The van der Waals surface area contributed by atoms with Gasteiger partial charge in [0.1, 0.15) is 0 Å². The predicted octanol–water partition coefficient (Wildman–Crippen LogP) is 2.86. The number of nitrogens with two attached hydrogens (primary N) is 1. The molecule has 2 fully saturated rings. The Kier molecular flexibility index (Phi) is 10.0. The Bertz CT molecular complexity index is 677. The van der Waals surface area contributed by atoms with Crippen LogP contribution in [0.5, 0.6) is 0 Å². The van der Waals surface area contributed by atoms with Gasteiger partial charge in [0.2, 0.25) is 11.8 Å². The van der Waals surface area contributed by atoms with Crippen molar-refractivity contribution in [3.63, 3.8) is 0 Å². The molecule has 3 rings (SSSR count). The molecule has 1 aromatic rings. The molecular weight excluding hydrogens is 435 g/mol. The van der Waals surface area contributed by atoms with E-state index in [9.17, 15) is 9.59 Å². The average molecular weight is 466 g/mol. The lowest BCUT2D eigenvalue weighted by Gasteiger charge is -2.38. The van der Waals surface area contributed by atoms with Crippen LogP contribution in [0.2, 0.25) is 5.02 Å². The van der Waals surface area contributed by atoms with Gasteiger partial charge in [-0.1, -0.05) is 24.4 Å². The lowest BCUT2D eigenvalue weighted by Crippen LogP contribution is -2.55. The van der Waals surface area contributed by atoms with Gasteiger partial charge in [-0.3, -0.25) is 9.59 Å². The van der Waals surface area contributed by atoms with Crippen LogP contribution in [0.4, 0.5) is 5.69 Å². The van der Waals surface area contributed by atoms with Crippen LogP contribution >= 0.6 is 36.4 Å². The number of nitrogens with one attached hydrogen (secondary N) is 1. The third kappa shape index (κ3) is 6.64. The van der Waals surface area contributed by atoms with Crippen LogP contribution in [0, 0.1) is 5.92 Å². The van der Waals surface area contributed by atoms with Crippen molar-refractivity contribution >= 4 is 53.9 Å². The Morgan fingerprint density at radius 3 is 2.34 bits per heavy atom. The maximum absolute atomic E-state index is 12.5. The third-order valence-corrected chi connectivity index (χ3v) is 6.06. The van der Waals surface area contributed by atoms with Gasteiger partial charge in [-0.25, -0.2) is 0 Å². The second-order valence-corrected chi connectivity index (χ2v) is 8.30. The molecule has 0 spiro atoms. The first-order valence-corrected chi connectivity index (χ1v) is 10.1. The topological polar surface area (TPSA) is 78.7 Å². The molecule has 0 aromatic heterocycles. The Morgan fingerprint density at radius 1 is 1.14 bits per heavy atom. The van der Waals surface area contributed by atoms with E-state index in [1.165, 1.54) is 0 Å². The fourth-order valence-corrected chi connectivity index (χ4v) is 4.18. The Labute approximate surface area is 190 Å². The van der Waals surface area contributed by atoms with E-state index in [2.05, 4.69) is 10.2 Å². The highest BCUT2D eigenvalue weighted by molar-refractivity contribution is 6.30. The molecule has 1 aliphatic carbocycles. The largest absolute Gasteiger partial charge is 0.368 e. The highest BCUT2D eigenvalue weighted by atomic mass is 35.5. The maximum Gasteiger partial charge on any atom is 0.242 e. The van der Waals surface area contributed by atoms with Gasteiger partial charge in [-0.05, 0) is 44.0 Å². The van der Waals surface area contributed by atoms with Crippen molar-refractivity contribution in [2.45, 2.75) is 38.1 Å². The van der Waals surface area contributed by atoms with Crippen molar-refractivity contribution in [3.05, 3.63) is 29.3 Å². The molecule has 164 valence electrons. The predicted molar refractivity (Wildman–Crippen MR) is 122 cm³/mol. The van der Waals surface area contributed by atoms with E-state index in [1.54, 1.807) is 0 Å². The zero-order valence-electron chi connectivity index (χ0n) is 16.7. The summed E-state index contributed by atoms with van der Waals surface area (Å²) in [5, 5.41) is 3.53. The standard InChI is InChI=1S/C20H29ClN4O2.2ClH/c1-20(22)9-3-2-4-17(20)19(27)23-14-18(26)25-12-10-24(11-13-25)16-7-5-15(21)6-8-16;;/h5-8,17H,2-4,9-14,22H2,1H3,(H,23,27);2*1H. The molecule has 3 N–H and O–H groups in total. The Hall–Kier alpha value is -1.21. The quantitative estimate of drug-likeness (QED) is 0.717. The summed E-state index contributed by atoms with van der Waals surface area (Å²) in [5.74, 6) is -0.331. The molecule has 2 atom stereocenters. The van der Waals surface area contributed by atoms with Crippen LogP contribution in [0.25, 0.3) is 0 Å². The van der Waals surface area contributed by atoms with Crippen molar-refractivity contribution < 1.29 is 9.59 Å². The number of piperazine rings is 1. The van der Waals surface area contributed by atoms with E-state index in [1.807, 2.05) is 36.1 Å². The van der Waals surface area contributed by atoms with E-state index in [0.29, 0.717) is 13.1 Å². The highest BCUT2D eigenvalue weighted by Gasteiger charge is 2.37. The van der Waals surface area contributed by atoms with Gasteiger partial charge in [0.05, 0.1) is 12.5 Å². The van der Waals surface area contributed by atoms with Gasteiger partial charge >= 0.3 is 0 Å². The summed E-state index contributed by atoms with van der Waals surface area (Å²) in [5.41, 5.74) is 6.92. The summed E-state index contributed by atoms with van der Waals surface area (Å²) in [6.07, 6.45) is 3.73. The minimum Gasteiger partial charge on any atom is -0.368 e. The zero-order chi connectivity index (χ0) is 19.4. The zero-order valence-corrected chi connectivity index (χ0v) is 19.1. The molecule has 9 heteroatoms. The second-order valence-electron chi connectivity index (χ2n) is 7.87. The molecule has 6 nitrogen and oxygen atoms in total. The van der Waals surface area contributed by atoms with Crippen LogP contribution in [-0.2, 0) is 9.59 Å². The summed E-state index contributed by atoms with van der Waals surface area (Å²) in [6, 6.07) is 7.74. The number of hydrogen-bond acceptors (Lipinski definition) is 4. The first kappa shape index (κ1) is 25.8. The number of halogens is 3. The number of amides is 2. The van der Waals surface area contributed by atoms with Crippen LogP contribution < -0.4 is 16.0 Å². The minimum atomic E-state index is -0.477. The Balaban J connectivity index is 0.00000210. The molecule has 0 bridgehead atoms. The van der Waals surface area contributed by atoms with Gasteiger partial charge in [0, 0.05) is 42.4 Å². The van der Waals surface area contributed by atoms with E-state index in [-0.39, 0.29) is 49.1 Å². The molecular formula is C20H31Cl3N4O2. The lowest BCUT2D eigenvalue weighted by atomic mass is 9.74. The van der Waals surface area contributed by atoms with Gasteiger partial charge in [-0.2, -0.15) is 0 Å². The van der Waals surface area contributed by atoms with Crippen molar-refractivity contribution in [3.8, 4) is 0 Å². The number of benzene rings is 1. The van der Waals surface area contributed by atoms with Crippen LogP contribution in [0.3, 0.4) is 0 Å². The van der Waals surface area contributed by atoms with E-state index in [4.69, 9.17) is 17.3 Å². The maximum atomic E-state index is 12.5. The molecule has 2 unspecified atom stereocenters. The van der Waals surface area contributed by atoms with Crippen molar-refractivity contribution in [1.29, 1.82) is 0 Å². The third-order valence-electron chi connectivity index (χ3n) is 5.81. The number of rotatable bonds is 4. The number of carbonyl (C=O) groups is 2. The number of carbonyl (C=O) groups excluding carboxylic acids is 2. The molecule has 29 heavy (non-hydrogen) atoms. The van der Waals surface area contributed by atoms with Crippen molar-refractivity contribution in [1.82, 2.24) is 10.2 Å². The van der Waals surface area contributed by atoms with Gasteiger partial charge < -0.3 is 20.9 Å². The molecule has 2 amide bonds. The minimum absolute atomic E-state index is 0.